The number of rotatable bonds is 1. The van der Waals surface area contributed by atoms with Gasteiger partial charge in [0.15, 0.2) is 0 Å². The first kappa shape index (κ1) is 23.6. The third-order valence-electron chi connectivity index (χ3n) is 5.52. The maximum Gasteiger partial charge on any atom is 4.00 e. The molecule has 2 aromatic rings. The Balaban J connectivity index is 0.000000372. The molecule has 0 radical (unpaired) electrons. The molecule has 0 spiro atoms. The first-order chi connectivity index (χ1) is 11.3. The molecular weight excluding hydrogens is 454 g/mol. The monoisotopic (exact) mass is 474 g/mol. The zero-order valence-corrected chi connectivity index (χ0v) is 19.9. The Morgan fingerprint density at radius 2 is 1.73 bits per heavy atom. The van der Waals surface area contributed by atoms with Crippen LogP contribution in [0.1, 0.15) is 29.5 Å². The van der Waals surface area contributed by atoms with E-state index in [-0.39, 0.29) is 51.0 Å². The van der Waals surface area contributed by atoms with E-state index in [1.54, 1.807) is 5.56 Å². The molecular formula is C22H22Cl2SiZr. The van der Waals surface area contributed by atoms with Gasteiger partial charge in [-0.1, -0.05) is 54.9 Å². The summed E-state index contributed by atoms with van der Waals surface area (Å²) >= 11 is 0. The molecule has 0 aromatic heterocycles. The summed E-state index contributed by atoms with van der Waals surface area (Å²) in [6.45, 7) is 2.59. The van der Waals surface area contributed by atoms with Gasteiger partial charge in [0.05, 0.1) is 8.07 Å². The fraction of sp³-hybridized carbons (Fsp3) is 0.273. The van der Waals surface area contributed by atoms with Gasteiger partial charge in [-0.05, 0) is 11.1 Å². The number of allylic oxidation sites excluding steroid dienone is 4. The Morgan fingerprint density at radius 3 is 2.31 bits per heavy atom. The van der Waals surface area contributed by atoms with Crippen LogP contribution in [0.4, 0.5) is 0 Å². The van der Waals surface area contributed by atoms with Crippen molar-refractivity contribution in [2.24, 2.45) is 0 Å². The van der Waals surface area contributed by atoms with Crippen LogP contribution in [-0.4, -0.2) is 8.07 Å². The standard InChI is InChI=1S/C17H17Si.C5H5.2ClH.Zr/c1-18(11-6-12-18)17-15-9-4-2-7-13(15)14-8-3-5-10-16(14)17;1-2-4-5-3-1;;;/h2-5,7-9,17H,6,11-12H2,1H3;1-3H,4H2;2*1H;/q2*-1;;;+4/p-2. The number of hydrogen-bond donors (Lipinski definition) is 0. The van der Waals surface area contributed by atoms with Gasteiger partial charge in [-0.15, -0.1) is 17.5 Å². The summed E-state index contributed by atoms with van der Waals surface area (Å²) in [5.74, 6) is 0. The molecule has 26 heavy (non-hydrogen) atoms. The van der Waals surface area contributed by atoms with Crippen LogP contribution in [0.2, 0.25) is 18.6 Å². The molecule has 0 nitrogen and oxygen atoms in total. The average molecular weight is 477 g/mol. The summed E-state index contributed by atoms with van der Waals surface area (Å²) in [5, 5.41) is 0. The number of halogens is 2. The van der Waals surface area contributed by atoms with Crippen molar-refractivity contribution in [3.63, 3.8) is 0 Å². The molecule has 2 aliphatic carbocycles. The maximum atomic E-state index is 3.55. The van der Waals surface area contributed by atoms with Crippen molar-refractivity contribution in [3.05, 3.63) is 84.0 Å². The third-order valence-corrected chi connectivity index (χ3v) is 10.5. The van der Waals surface area contributed by atoms with Gasteiger partial charge in [0.2, 0.25) is 0 Å². The molecule has 1 saturated heterocycles. The van der Waals surface area contributed by atoms with E-state index in [9.17, 15) is 0 Å². The quantitative estimate of drug-likeness (QED) is 0.400. The molecule has 2 aromatic carbocycles. The van der Waals surface area contributed by atoms with E-state index in [4.69, 9.17) is 0 Å². The zero-order chi connectivity index (χ0) is 15.7. The molecule has 1 fully saturated rings. The smallest absolute Gasteiger partial charge is 1.00 e. The summed E-state index contributed by atoms with van der Waals surface area (Å²) in [6.07, 6.45) is 11.4. The zero-order valence-electron chi connectivity index (χ0n) is 14.9. The predicted molar refractivity (Wildman–Crippen MR) is 100.0 cm³/mol. The maximum absolute atomic E-state index is 3.55. The van der Waals surface area contributed by atoms with Crippen molar-refractivity contribution >= 4 is 8.07 Å². The molecule has 5 rings (SSSR count). The molecule has 3 aliphatic rings. The summed E-state index contributed by atoms with van der Waals surface area (Å²) < 4.78 is 0. The second-order valence-corrected chi connectivity index (χ2v) is 11.9. The van der Waals surface area contributed by atoms with E-state index in [1.807, 2.05) is 12.2 Å². The minimum Gasteiger partial charge on any atom is -1.00 e. The van der Waals surface area contributed by atoms with Gasteiger partial charge in [0.25, 0.3) is 0 Å². The largest absolute Gasteiger partial charge is 4.00 e. The van der Waals surface area contributed by atoms with Crippen molar-refractivity contribution in [3.8, 4) is 11.1 Å². The second kappa shape index (κ2) is 10.2. The summed E-state index contributed by atoms with van der Waals surface area (Å²) in [6, 6.07) is 22.1. The van der Waals surface area contributed by atoms with E-state index in [2.05, 4.69) is 67.2 Å². The normalized spacial score (nSPS) is 19.3. The summed E-state index contributed by atoms with van der Waals surface area (Å²) in [5.41, 5.74) is 6.70. The van der Waals surface area contributed by atoms with Crippen LogP contribution >= 0.6 is 0 Å². The Morgan fingerprint density at radius 1 is 1.00 bits per heavy atom. The Hall–Kier alpha value is -0.400. The van der Waals surface area contributed by atoms with Crippen molar-refractivity contribution in [1.29, 1.82) is 0 Å². The van der Waals surface area contributed by atoms with Crippen LogP contribution in [0, 0.1) is 12.1 Å². The van der Waals surface area contributed by atoms with Crippen LogP contribution < -0.4 is 24.8 Å². The topological polar surface area (TPSA) is 0 Å². The Kier molecular flexibility index (Phi) is 9.30. The number of benzene rings is 2. The predicted octanol–water partition coefficient (Wildman–Crippen LogP) is -0.0682. The third kappa shape index (κ3) is 4.36. The number of hydrogen-bond acceptors (Lipinski definition) is 0. The average Bonchev–Trinajstić information content (AvgIpc) is 3.23. The van der Waals surface area contributed by atoms with Crippen LogP contribution in [0.15, 0.2) is 60.7 Å². The fourth-order valence-electron chi connectivity index (χ4n) is 4.16. The summed E-state index contributed by atoms with van der Waals surface area (Å²) in [4.78, 5) is 0. The van der Waals surface area contributed by atoms with Gasteiger partial charge in [0, 0.05) is 0 Å². The minimum atomic E-state index is -1.10. The molecule has 1 atom stereocenters. The van der Waals surface area contributed by atoms with E-state index in [0.29, 0.717) is 5.54 Å². The molecule has 0 saturated carbocycles. The first-order valence-electron chi connectivity index (χ1n) is 8.61. The van der Waals surface area contributed by atoms with Crippen LogP contribution in [0.25, 0.3) is 11.1 Å². The van der Waals surface area contributed by atoms with E-state index in [0.717, 1.165) is 6.42 Å². The van der Waals surface area contributed by atoms with Gasteiger partial charge in [0.1, 0.15) is 0 Å². The van der Waals surface area contributed by atoms with Gasteiger partial charge in [-0.25, -0.2) is 12.2 Å². The van der Waals surface area contributed by atoms with E-state index >= 15 is 0 Å². The van der Waals surface area contributed by atoms with Crippen LogP contribution in [0.5, 0.6) is 0 Å². The molecule has 4 heteroatoms. The van der Waals surface area contributed by atoms with Crippen molar-refractivity contribution in [2.75, 3.05) is 0 Å². The van der Waals surface area contributed by atoms with Crippen molar-refractivity contribution < 1.29 is 51.0 Å². The molecule has 1 unspecified atom stereocenters. The molecule has 0 bridgehead atoms. The Labute approximate surface area is 190 Å². The second-order valence-electron chi connectivity index (χ2n) is 7.03. The first-order valence-corrected chi connectivity index (χ1v) is 11.6. The van der Waals surface area contributed by atoms with Crippen LogP contribution in [-0.2, 0) is 26.2 Å². The SMILES string of the molecule is C[Si]1(C2c3[c-]cccc3-c3ccccc32)CCC1.[C-]1=CC=CC1.[Cl-].[Cl-].[Zr+4]. The van der Waals surface area contributed by atoms with Crippen molar-refractivity contribution in [1.82, 2.24) is 0 Å². The number of fused-ring (bicyclic) bond motifs is 3. The molecule has 0 N–H and O–H groups in total. The van der Waals surface area contributed by atoms with E-state index < -0.39 is 8.07 Å². The minimum absolute atomic E-state index is 0. The van der Waals surface area contributed by atoms with Gasteiger partial charge < -0.3 is 24.8 Å². The van der Waals surface area contributed by atoms with Crippen LogP contribution in [0.3, 0.4) is 0 Å². The van der Waals surface area contributed by atoms with Gasteiger partial charge in [-0.2, -0.15) is 30.3 Å². The van der Waals surface area contributed by atoms with E-state index in [1.165, 1.54) is 35.2 Å². The van der Waals surface area contributed by atoms with Gasteiger partial charge >= 0.3 is 26.2 Å². The van der Waals surface area contributed by atoms with Crippen molar-refractivity contribution in [2.45, 2.75) is 37.0 Å². The molecule has 1 aliphatic heterocycles. The molecule has 1 heterocycles. The fourth-order valence-corrected chi connectivity index (χ4v) is 8.14. The molecule has 0 amide bonds. The van der Waals surface area contributed by atoms with Gasteiger partial charge in [-0.3, -0.25) is 6.08 Å². The molecule has 132 valence electrons. The Bertz CT molecular complexity index is 726. The summed E-state index contributed by atoms with van der Waals surface area (Å²) in [7, 11) is -1.10.